The lowest BCUT2D eigenvalue weighted by Gasteiger charge is -2.27. The molecule has 0 aromatic heterocycles. The third-order valence-electron chi connectivity index (χ3n) is 7.29. The van der Waals surface area contributed by atoms with Crippen molar-refractivity contribution in [2.24, 2.45) is 5.92 Å². The van der Waals surface area contributed by atoms with Crippen LogP contribution in [0.2, 0.25) is 0 Å². The third-order valence-corrected chi connectivity index (χ3v) is 7.29. The third kappa shape index (κ3) is 6.28. The summed E-state index contributed by atoms with van der Waals surface area (Å²) in [6.07, 6.45) is 7.29. The van der Waals surface area contributed by atoms with Crippen LogP contribution in [0.1, 0.15) is 75.0 Å². The second-order valence-electron chi connectivity index (χ2n) is 9.95. The van der Waals surface area contributed by atoms with Gasteiger partial charge in [-0.1, -0.05) is 75.6 Å². The maximum Gasteiger partial charge on any atom is 0.166 e. The van der Waals surface area contributed by atoms with E-state index < -0.39 is 11.6 Å². The molecule has 0 spiro atoms. The average Bonchev–Trinajstić information content (AvgIpc) is 2.87. The first-order valence-electron chi connectivity index (χ1n) is 12.9. The van der Waals surface area contributed by atoms with Crippen LogP contribution in [0.15, 0.2) is 54.6 Å². The summed E-state index contributed by atoms with van der Waals surface area (Å²) >= 11 is 0. The zero-order chi connectivity index (χ0) is 24.8. The number of unbranched alkanes of at least 4 members (excludes halogenated alkanes) is 1. The van der Waals surface area contributed by atoms with Gasteiger partial charge in [-0.05, 0) is 78.3 Å². The molecular formula is C31H35F3O. The van der Waals surface area contributed by atoms with Gasteiger partial charge in [-0.25, -0.2) is 13.2 Å². The Morgan fingerprint density at radius 3 is 2.17 bits per heavy atom. The summed E-state index contributed by atoms with van der Waals surface area (Å²) in [5, 5.41) is 0. The largest absolute Gasteiger partial charge is 0.491 e. The van der Waals surface area contributed by atoms with Crippen LogP contribution in [0, 0.1) is 23.4 Å². The minimum atomic E-state index is -0.759. The van der Waals surface area contributed by atoms with Gasteiger partial charge in [0, 0.05) is 5.56 Å². The first-order valence-corrected chi connectivity index (χ1v) is 12.9. The van der Waals surface area contributed by atoms with Crippen LogP contribution in [0.5, 0.6) is 5.75 Å². The highest BCUT2D eigenvalue weighted by atomic mass is 19.2. The number of halogens is 3. The molecule has 3 aromatic carbocycles. The van der Waals surface area contributed by atoms with Crippen molar-refractivity contribution in [3.05, 3.63) is 88.7 Å². The normalized spacial score (nSPS) is 18.0. The highest BCUT2D eigenvalue weighted by Gasteiger charge is 2.25. The Bertz CT molecular complexity index is 1110. The number of aryl methyl sites for hydroxylation is 2. The number of ether oxygens (including phenoxy) is 1. The molecule has 0 atom stereocenters. The Kier molecular flexibility index (Phi) is 8.54. The molecule has 186 valence electrons. The van der Waals surface area contributed by atoms with E-state index in [1.165, 1.54) is 6.07 Å². The van der Waals surface area contributed by atoms with E-state index in [0.717, 1.165) is 56.1 Å². The zero-order valence-electron chi connectivity index (χ0n) is 20.8. The Labute approximate surface area is 207 Å². The second kappa shape index (κ2) is 11.8. The zero-order valence-corrected chi connectivity index (χ0v) is 20.8. The summed E-state index contributed by atoms with van der Waals surface area (Å²) in [5.41, 5.74) is 3.43. The molecule has 0 amide bonds. The lowest BCUT2D eigenvalue weighted by atomic mass is 9.79. The summed E-state index contributed by atoms with van der Waals surface area (Å²) in [6.45, 7) is 4.81. The van der Waals surface area contributed by atoms with Crippen LogP contribution >= 0.6 is 0 Å². The van der Waals surface area contributed by atoms with Crippen molar-refractivity contribution >= 4 is 0 Å². The molecule has 1 aliphatic carbocycles. The van der Waals surface area contributed by atoms with E-state index >= 15 is 0 Å². The molecule has 0 aliphatic heterocycles. The maximum absolute atomic E-state index is 15.0. The SMILES string of the molecule is CCCCOc1ccc(CCc2ccc(-c3ccc(C4CCC(C)CC4)c(F)c3F)cc2)cc1F. The molecule has 1 saturated carbocycles. The fourth-order valence-electron chi connectivity index (χ4n) is 4.96. The fourth-order valence-corrected chi connectivity index (χ4v) is 4.96. The van der Waals surface area contributed by atoms with Crippen LogP contribution in [0.3, 0.4) is 0 Å². The lowest BCUT2D eigenvalue weighted by molar-refractivity contribution is 0.294. The molecule has 1 fully saturated rings. The standard InChI is InChI=1S/C31H35F3O/c1-3-4-19-35-29-18-11-23(20-28(29)32)8-7-22-9-14-25(15-10-22)27-17-16-26(30(33)31(27)34)24-12-5-21(2)6-13-24/h9-11,14-18,20-21,24H,3-8,12-13,19H2,1-2H3. The minimum Gasteiger partial charge on any atom is -0.491 e. The Morgan fingerprint density at radius 1 is 0.800 bits per heavy atom. The number of rotatable bonds is 9. The van der Waals surface area contributed by atoms with Gasteiger partial charge in [0.1, 0.15) is 0 Å². The van der Waals surface area contributed by atoms with Crippen LogP contribution in [-0.4, -0.2) is 6.61 Å². The van der Waals surface area contributed by atoms with Crippen molar-refractivity contribution in [3.63, 3.8) is 0 Å². The van der Waals surface area contributed by atoms with Crippen LogP contribution in [0.25, 0.3) is 11.1 Å². The molecular weight excluding hydrogens is 445 g/mol. The van der Waals surface area contributed by atoms with E-state index in [4.69, 9.17) is 4.74 Å². The molecule has 1 nitrogen and oxygen atoms in total. The summed E-state index contributed by atoms with van der Waals surface area (Å²) in [4.78, 5) is 0. The molecule has 0 N–H and O–H groups in total. The number of benzene rings is 3. The van der Waals surface area contributed by atoms with Gasteiger partial charge in [-0.15, -0.1) is 0 Å². The molecule has 0 saturated heterocycles. The van der Waals surface area contributed by atoms with Crippen molar-refractivity contribution in [1.82, 2.24) is 0 Å². The average molecular weight is 481 g/mol. The monoisotopic (exact) mass is 480 g/mol. The fraction of sp³-hybridized carbons (Fsp3) is 0.419. The molecule has 3 aromatic rings. The quantitative estimate of drug-likeness (QED) is 0.278. The second-order valence-corrected chi connectivity index (χ2v) is 9.95. The molecule has 0 heterocycles. The maximum atomic E-state index is 15.0. The van der Waals surface area contributed by atoms with Gasteiger partial charge in [0.15, 0.2) is 23.2 Å². The predicted octanol–water partition coefficient (Wildman–Crippen LogP) is 9.03. The molecule has 4 rings (SSSR count). The number of hydrogen-bond acceptors (Lipinski definition) is 1. The van der Waals surface area contributed by atoms with Crippen molar-refractivity contribution < 1.29 is 17.9 Å². The van der Waals surface area contributed by atoms with Crippen molar-refractivity contribution in [2.75, 3.05) is 6.61 Å². The number of hydrogen-bond donors (Lipinski definition) is 0. The Hall–Kier alpha value is -2.75. The van der Waals surface area contributed by atoms with Gasteiger partial charge < -0.3 is 4.74 Å². The lowest BCUT2D eigenvalue weighted by Crippen LogP contribution is -2.13. The van der Waals surface area contributed by atoms with Gasteiger partial charge in [0.2, 0.25) is 0 Å². The van der Waals surface area contributed by atoms with E-state index in [0.29, 0.717) is 41.4 Å². The first-order chi connectivity index (χ1) is 17.0. The van der Waals surface area contributed by atoms with Gasteiger partial charge in [0.05, 0.1) is 6.61 Å². The van der Waals surface area contributed by atoms with E-state index in [-0.39, 0.29) is 11.7 Å². The van der Waals surface area contributed by atoms with Gasteiger partial charge in [-0.2, -0.15) is 0 Å². The van der Waals surface area contributed by atoms with E-state index in [9.17, 15) is 13.2 Å². The highest BCUT2D eigenvalue weighted by Crippen LogP contribution is 2.38. The molecule has 0 bridgehead atoms. The van der Waals surface area contributed by atoms with Crippen molar-refractivity contribution in [1.29, 1.82) is 0 Å². The summed E-state index contributed by atoms with van der Waals surface area (Å²) in [6, 6.07) is 16.1. The van der Waals surface area contributed by atoms with E-state index in [1.807, 2.05) is 30.3 Å². The summed E-state index contributed by atoms with van der Waals surface area (Å²) in [5.74, 6) is -0.720. The van der Waals surface area contributed by atoms with Crippen LogP contribution in [-0.2, 0) is 12.8 Å². The van der Waals surface area contributed by atoms with E-state index in [2.05, 4.69) is 13.8 Å². The summed E-state index contributed by atoms with van der Waals surface area (Å²) < 4.78 is 49.7. The highest BCUT2D eigenvalue weighted by molar-refractivity contribution is 5.65. The molecule has 1 aliphatic rings. The van der Waals surface area contributed by atoms with Crippen LogP contribution in [0.4, 0.5) is 13.2 Å². The topological polar surface area (TPSA) is 9.23 Å². The van der Waals surface area contributed by atoms with Crippen molar-refractivity contribution in [3.8, 4) is 16.9 Å². The first kappa shape index (κ1) is 25.3. The molecule has 0 radical (unpaired) electrons. The smallest absolute Gasteiger partial charge is 0.166 e. The Morgan fingerprint density at radius 2 is 1.49 bits per heavy atom. The van der Waals surface area contributed by atoms with E-state index in [1.54, 1.807) is 18.2 Å². The molecule has 4 heteroatoms. The predicted molar refractivity (Wildman–Crippen MR) is 136 cm³/mol. The summed E-state index contributed by atoms with van der Waals surface area (Å²) in [7, 11) is 0. The molecule has 35 heavy (non-hydrogen) atoms. The minimum absolute atomic E-state index is 0.110. The molecule has 0 unspecified atom stereocenters. The van der Waals surface area contributed by atoms with Gasteiger partial charge >= 0.3 is 0 Å². The Balaban J connectivity index is 1.39. The van der Waals surface area contributed by atoms with Gasteiger partial charge in [0.25, 0.3) is 0 Å². The van der Waals surface area contributed by atoms with Gasteiger partial charge in [-0.3, -0.25) is 0 Å². The van der Waals surface area contributed by atoms with Crippen molar-refractivity contribution in [2.45, 2.75) is 71.1 Å². The van der Waals surface area contributed by atoms with Crippen LogP contribution < -0.4 is 4.74 Å².